The lowest BCUT2D eigenvalue weighted by Crippen LogP contribution is -2.41. The molecule has 0 fully saturated rings. The third kappa shape index (κ3) is 3.82. The Kier molecular flexibility index (Phi) is 5.30. The van der Waals surface area contributed by atoms with Gasteiger partial charge in [0.2, 0.25) is 5.91 Å². The van der Waals surface area contributed by atoms with Crippen molar-refractivity contribution in [2.45, 2.75) is 19.0 Å². The van der Waals surface area contributed by atoms with Crippen molar-refractivity contribution < 1.29 is 4.79 Å². The highest BCUT2D eigenvalue weighted by Crippen LogP contribution is 2.07. The molecule has 0 spiro atoms. The molecule has 1 atom stereocenters. The largest absolute Gasteiger partial charge is 0.349 e. The smallest absolute Gasteiger partial charge is 0.223 e. The quantitative estimate of drug-likeness (QED) is 0.753. The highest BCUT2D eigenvalue weighted by molar-refractivity contribution is 5.76. The van der Waals surface area contributed by atoms with Crippen LogP contribution < -0.4 is 5.73 Å². The molecule has 0 bridgehead atoms. The summed E-state index contributed by atoms with van der Waals surface area (Å²) in [4.78, 5) is 19.6. The molecule has 0 aliphatic heterocycles. The van der Waals surface area contributed by atoms with Gasteiger partial charge in [0, 0.05) is 52.5 Å². The van der Waals surface area contributed by atoms with Gasteiger partial charge in [0.15, 0.2) is 0 Å². The third-order valence-electron chi connectivity index (χ3n) is 3.12. The van der Waals surface area contributed by atoms with Gasteiger partial charge in [-0.25, -0.2) is 4.98 Å². The number of aryl methyl sites for hydroxylation is 1. The fraction of sp³-hybridized carbons (Fsp3) is 0.667. The van der Waals surface area contributed by atoms with Gasteiger partial charge in [-0.05, 0) is 7.05 Å². The number of carbonyl (C=O) groups is 1. The van der Waals surface area contributed by atoms with Crippen molar-refractivity contribution in [2.75, 3.05) is 27.7 Å². The van der Waals surface area contributed by atoms with Crippen LogP contribution in [0.4, 0.5) is 0 Å². The number of nitrogens with two attached hydrogens (primary N) is 1. The van der Waals surface area contributed by atoms with Gasteiger partial charge in [-0.15, -0.1) is 0 Å². The number of nitrogens with zero attached hydrogens (tertiary/aromatic N) is 4. The molecule has 0 saturated carbocycles. The Hall–Kier alpha value is -1.40. The van der Waals surface area contributed by atoms with E-state index in [0.29, 0.717) is 19.5 Å². The fourth-order valence-corrected chi connectivity index (χ4v) is 1.70. The zero-order valence-electron chi connectivity index (χ0n) is 11.6. The Morgan fingerprint density at radius 3 is 2.61 bits per heavy atom. The monoisotopic (exact) mass is 253 g/mol. The van der Waals surface area contributed by atoms with E-state index in [-0.39, 0.29) is 11.9 Å². The van der Waals surface area contributed by atoms with Gasteiger partial charge in [-0.3, -0.25) is 9.69 Å². The number of rotatable bonds is 6. The molecule has 0 radical (unpaired) electrons. The van der Waals surface area contributed by atoms with Crippen molar-refractivity contribution in [3.63, 3.8) is 0 Å². The summed E-state index contributed by atoms with van der Waals surface area (Å²) in [6, 6.07) is 0.0385. The second-order valence-corrected chi connectivity index (χ2v) is 4.75. The van der Waals surface area contributed by atoms with Crippen LogP contribution >= 0.6 is 0 Å². The lowest BCUT2D eigenvalue weighted by Gasteiger charge is -2.27. The molecule has 2 N–H and O–H groups in total. The molecule has 0 aromatic carbocycles. The maximum Gasteiger partial charge on any atom is 0.223 e. The van der Waals surface area contributed by atoms with Crippen LogP contribution in [0.3, 0.4) is 0 Å². The minimum atomic E-state index is 0.0385. The van der Waals surface area contributed by atoms with Crippen LogP contribution in [0, 0.1) is 0 Å². The number of hydrogen-bond donors (Lipinski definition) is 1. The number of aromatic nitrogens is 2. The van der Waals surface area contributed by atoms with Crippen molar-refractivity contribution in [3.8, 4) is 0 Å². The van der Waals surface area contributed by atoms with Crippen molar-refractivity contribution >= 4 is 5.91 Å². The molecule has 102 valence electrons. The van der Waals surface area contributed by atoms with Gasteiger partial charge in [-0.2, -0.15) is 0 Å². The average Bonchev–Trinajstić information content (AvgIpc) is 2.71. The summed E-state index contributed by atoms with van der Waals surface area (Å²) in [5, 5.41) is 0. The molecule has 0 aliphatic rings. The molecule has 1 heterocycles. The van der Waals surface area contributed by atoms with E-state index in [1.807, 2.05) is 24.9 Å². The third-order valence-corrected chi connectivity index (χ3v) is 3.12. The first-order valence-corrected chi connectivity index (χ1v) is 6.02. The first kappa shape index (κ1) is 14.7. The molecule has 1 rings (SSSR count). The second-order valence-electron chi connectivity index (χ2n) is 4.75. The lowest BCUT2D eigenvalue weighted by atomic mass is 10.1. The number of likely N-dealkylation sites (N-methyl/N-ethyl adjacent to an activating group) is 1. The lowest BCUT2D eigenvalue weighted by molar-refractivity contribution is -0.129. The molecule has 6 heteroatoms. The molecule has 0 saturated heterocycles. The standard InChI is InChI=1S/C12H23N5O/c1-15(2)12(18)7-10(8-13)17(4)9-11-14-5-6-16(11)3/h5-6,10H,7-9,13H2,1-4H3. The number of carbonyl (C=O) groups excluding carboxylic acids is 1. The summed E-state index contributed by atoms with van der Waals surface area (Å²) in [5.74, 6) is 1.06. The summed E-state index contributed by atoms with van der Waals surface area (Å²) in [7, 11) is 7.44. The van der Waals surface area contributed by atoms with E-state index in [1.54, 1.807) is 25.2 Å². The Bertz CT molecular complexity index is 388. The van der Waals surface area contributed by atoms with Crippen LogP contribution in [0.2, 0.25) is 0 Å². The van der Waals surface area contributed by atoms with Gasteiger partial charge in [0.05, 0.1) is 6.54 Å². The zero-order chi connectivity index (χ0) is 13.7. The fourth-order valence-electron chi connectivity index (χ4n) is 1.70. The van der Waals surface area contributed by atoms with E-state index < -0.39 is 0 Å². The van der Waals surface area contributed by atoms with Crippen LogP contribution in [0.15, 0.2) is 12.4 Å². The van der Waals surface area contributed by atoms with E-state index in [4.69, 9.17) is 5.73 Å². The Morgan fingerprint density at radius 2 is 2.17 bits per heavy atom. The van der Waals surface area contributed by atoms with Gasteiger partial charge < -0.3 is 15.2 Å². The molecule has 6 nitrogen and oxygen atoms in total. The first-order chi connectivity index (χ1) is 8.45. The van der Waals surface area contributed by atoms with Crippen LogP contribution in [0.5, 0.6) is 0 Å². The van der Waals surface area contributed by atoms with Crippen LogP contribution in [0.1, 0.15) is 12.2 Å². The van der Waals surface area contributed by atoms with E-state index in [9.17, 15) is 4.79 Å². The summed E-state index contributed by atoms with van der Waals surface area (Å²) in [5.41, 5.74) is 5.75. The van der Waals surface area contributed by atoms with Crippen LogP contribution in [-0.4, -0.2) is 59.0 Å². The van der Waals surface area contributed by atoms with Gasteiger partial charge >= 0.3 is 0 Å². The molecular weight excluding hydrogens is 230 g/mol. The molecule has 1 amide bonds. The van der Waals surface area contributed by atoms with E-state index >= 15 is 0 Å². The van der Waals surface area contributed by atoms with Crippen LogP contribution in [-0.2, 0) is 18.4 Å². The Balaban J connectivity index is 2.60. The van der Waals surface area contributed by atoms with Gasteiger partial charge in [0.25, 0.3) is 0 Å². The summed E-state index contributed by atoms with van der Waals surface area (Å²) in [6.07, 6.45) is 4.11. The van der Waals surface area contributed by atoms with Crippen molar-refractivity contribution in [1.82, 2.24) is 19.4 Å². The molecule has 0 aliphatic carbocycles. The average molecular weight is 253 g/mol. The Labute approximate surface area is 108 Å². The maximum atomic E-state index is 11.7. The summed E-state index contributed by atoms with van der Waals surface area (Å²) in [6.45, 7) is 1.15. The number of hydrogen-bond acceptors (Lipinski definition) is 4. The zero-order valence-corrected chi connectivity index (χ0v) is 11.6. The molecule has 1 unspecified atom stereocenters. The number of imidazole rings is 1. The van der Waals surface area contributed by atoms with Gasteiger partial charge in [0.1, 0.15) is 5.82 Å². The van der Waals surface area contributed by atoms with Crippen molar-refractivity contribution in [1.29, 1.82) is 0 Å². The van der Waals surface area contributed by atoms with Crippen LogP contribution in [0.25, 0.3) is 0 Å². The molecule has 1 aromatic heterocycles. The Morgan fingerprint density at radius 1 is 1.50 bits per heavy atom. The molecule has 18 heavy (non-hydrogen) atoms. The van der Waals surface area contributed by atoms with Crippen molar-refractivity contribution in [2.24, 2.45) is 12.8 Å². The van der Waals surface area contributed by atoms with E-state index in [2.05, 4.69) is 9.88 Å². The minimum absolute atomic E-state index is 0.0385. The predicted octanol–water partition coefficient (Wildman–Crippen LogP) is -0.342. The highest BCUT2D eigenvalue weighted by atomic mass is 16.2. The van der Waals surface area contributed by atoms with Crippen molar-refractivity contribution in [3.05, 3.63) is 18.2 Å². The topological polar surface area (TPSA) is 67.4 Å². The molecule has 1 aromatic rings. The van der Waals surface area contributed by atoms with E-state index in [1.165, 1.54) is 0 Å². The SMILES string of the molecule is CN(C)C(=O)CC(CN)N(C)Cc1nccn1C. The predicted molar refractivity (Wildman–Crippen MR) is 70.8 cm³/mol. The normalized spacial score (nSPS) is 12.8. The summed E-state index contributed by atoms with van der Waals surface area (Å²) >= 11 is 0. The maximum absolute atomic E-state index is 11.7. The summed E-state index contributed by atoms with van der Waals surface area (Å²) < 4.78 is 1.97. The second kappa shape index (κ2) is 6.51. The number of amides is 1. The van der Waals surface area contributed by atoms with E-state index in [0.717, 1.165) is 5.82 Å². The minimum Gasteiger partial charge on any atom is -0.349 e. The van der Waals surface area contributed by atoms with Gasteiger partial charge in [-0.1, -0.05) is 0 Å². The highest BCUT2D eigenvalue weighted by Gasteiger charge is 2.19. The molecular formula is C12H23N5O. The first-order valence-electron chi connectivity index (χ1n) is 6.02.